The third-order valence-corrected chi connectivity index (χ3v) is 3.70. The minimum atomic E-state index is -2.52. The lowest BCUT2D eigenvalue weighted by atomic mass is 10.2. The van der Waals surface area contributed by atoms with Crippen LogP contribution in [0, 0.1) is 11.3 Å². The molecule has 0 bridgehead atoms. The number of nitriles is 1. The van der Waals surface area contributed by atoms with Gasteiger partial charge in [-0.2, -0.15) is 5.26 Å². The summed E-state index contributed by atoms with van der Waals surface area (Å²) in [4.78, 5) is 0. The predicted octanol–water partition coefficient (Wildman–Crippen LogP) is 3.00. The molecular weight excluding hydrogens is 209 g/mol. The summed E-state index contributed by atoms with van der Waals surface area (Å²) in [6.07, 6.45) is 0.423. The monoisotopic (exact) mass is 223 g/mol. The molecule has 1 rings (SSSR count). The molecule has 0 aromatic heterocycles. The minimum absolute atomic E-state index is 0.423. The van der Waals surface area contributed by atoms with Crippen molar-refractivity contribution < 1.29 is 9.09 Å². The summed E-state index contributed by atoms with van der Waals surface area (Å²) in [6.45, 7) is 3.92. The van der Waals surface area contributed by atoms with Crippen molar-refractivity contribution in [2.75, 3.05) is 13.3 Å². The lowest BCUT2D eigenvalue weighted by Gasteiger charge is -2.12. The van der Waals surface area contributed by atoms with E-state index in [2.05, 4.69) is 0 Å². The highest BCUT2D eigenvalue weighted by molar-refractivity contribution is 7.57. The molecule has 80 valence electrons. The van der Waals surface area contributed by atoms with Crippen LogP contribution >= 0.6 is 7.37 Å². The molecule has 1 aromatic rings. The van der Waals surface area contributed by atoms with Crippen LogP contribution in [0.2, 0.25) is 0 Å². The van der Waals surface area contributed by atoms with Crippen LogP contribution in [-0.4, -0.2) is 13.3 Å². The van der Waals surface area contributed by atoms with Gasteiger partial charge in [0.2, 0.25) is 7.37 Å². The van der Waals surface area contributed by atoms with E-state index in [1.165, 1.54) is 0 Å². The fraction of sp³-hybridized carbons (Fsp3) is 0.364. The zero-order valence-electron chi connectivity index (χ0n) is 8.93. The molecule has 15 heavy (non-hydrogen) atoms. The zero-order chi connectivity index (χ0) is 11.3. The van der Waals surface area contributed by atoms with Gasteiger partial charge in [-0.25, -0.2) is 0 Å². The first kappa shape index (κ1) is 12.0. The van der Waals surface area contributed by atoms with Gasteiger partial charge < -0.3 is 4.52 Å². The zero-order valence-corrected chi connectivity index (χ0v) is 9.83. The van der Waals surface area contributed by atoms with Gasteiger partial charge in [0.25, 0.3) is 0 Å². The minimum Gasteiger partial charge on any atom is -0.329 e. The largest absolute Gasteiger partial charge is 0.329 e. The van der Waals surface area contributed by atoms with E-state index in [0.29, 0.717) is 18.3 Å². The maximum absolute atomic E-state index is 11.9. The van der Waals surface area contributed by atoms with Gasteiger partial charge in [-0.15, -0.1) is 0 Å². The molecule has 0 amide bonds. The first-order chi connectivity index (χ1) is 7.07. The van der Waals surface area contributed by atoms with E-state index in [0.717, 1.165) is 5.56 Å². The third-order valence-electron chi connectivity index (χ3n) is 1.96. The molecule has 1 unspecified atom stereocenters. The summed E-state index contributed by atoms with van der Waals surface area (Å²) in [5, 5.41) is 8.62. The Morgan fingerprint density at radius 1 is 1.40 bits per heavy atom. The highest BCUT2D eigenvalue weighted by Gasteiger charge is 2.15. The topological polar surface area (TPSA) is 50.1 Å². The highest BCUT2D eigenvalue weighted by Crippen LogP contribution is 2.45. The quantitative estimate of drug-likeness (QED) is 0.737. The molecule has 4 heteroatoms. The van der Waals surface area contributed by atoms with Crippen molar-refractivity contribution in [2.24, 2.45) is 0 Å². The van der Waals surface area contributed by atoms with Crippen molar-refractivity contribution in [3.8, 4) is 6.07 Å². The summed E-state index contributed by atoms with van der Waals surface area (Å²) in [5.74, 6) is 0. The molecule has 0 aliphatic carbocycles. The standard InChI is InChI=1S/C11H14NO2P/c1-3-14-15(2,13)9-11-6-4-10(8-12)5-7-11/h4-7H,3,9H2,1-2H3. The molecule has 0 spiro atoms. The molecular formula is C11H14NO2P. The number of hydrogen-bond acceptors (Lipinski definition) is 3. The summed E-state index contributed by atoms with van der Waals surface area (Å²) in [5.41, 5.74) is 1.55. The molecule has 0 saturated carbocycles. The molecule has 0 aliphatic rings. The summed E-state index contributed by atoms with van der Waals surface area (Å²) in [6, 6.07) is 9.12. The number of hydrogen-bond donors (Lipinski definition) is 0. The summed E-state index contributed by atoms with van der Waals surface area (Å²) in [7, 11) is -2.52. The molecule has 0 heterocycles. The second kappa shape index (κ2) is 5.11. The van der Waals surface area contributed by atoms with Gasteiger partial charge >= 0.3 is 0 Å². The number of benzene rings is 1. The van der Waals surface area contributed by atoms with Gasteiger partial charge in [-0.05, 0) is 24.6 Å². The third kappa shape index (κ3) is 3.87. The Bertz CT molecular complexity index is 406. The van der Waals surface area contributed by atoms with Gasteiger partial charge in [0.15, 0.2) is 0 Å². The fourth-order valence-electron chi connectivity index (χ4n) is 1.34. The lowest BCUT2D eigenvalue weighted by Crippen LogP contribution is -1.92. The van der Waals surface area contributed by atoms with Crippen molar-refractivity contribution in [1.82, 2.24) is 0 Å². The van der Waals surface area contributed by atoms with Gasteiger partial charge in [-0.1, -0.05) is 12.1 Å². The molecule has 0 aliphatic heterocycles. The van der Waals surface area contributed by atoms with E-state index in [1.807, 2.05) is 25.1 Å². The van der Waals surface area contributed by atoms with E-state index in [4.69, 9.17) is 9.79 Å². The first-order valence-corrected chi connectivity index (χ1v) is 7.03. The molecule has 1 atom stereocenters. The van der Waals surface area contributed by atoms with Crippen molar-refractivity contribution >= 4 is 7.37 Å². The van der Waals surface area contributed by atoms with Crippen LogP contribution < -0.4 is 0 Å². The number of nitrogens with zero attached hydrogens (tertiary/aromatic N) is 1. The first-order valence-electron chi connectivity index (χ1n) is 4.77. The average Bonchev–Trinajstić information content (AvgIpc) is 2.18. The maximum atomic E-state index is 11.9. The van der Waals surface area contributed by atoms with Crippen LogP contribution in [0.25, 0.3) is 0 Å². The van der Waals surface area contributed by atoms with Gasteiger partial charge in [0.05, 0.1) is 18.2 Å². The molecule has 1 aromatic carbocycles. The summed E-state index contributed by atoms with van der Waals surface area (Å²) >= 11 is 0. The normalized spacial score (nSPS) is 14.2. The smallest absolute Gasteiger partial charge is 0.204 e. The van der Waals surface area contributed by atoms with Gasteiger partial charge in [0.1, 0.15) is 0 Å². The molecule has 0 fully saturated rings. The fourth-order valence-corrected chi connectivity index (χ4v) is 2.85. The van der Waals surface area contributed by atoms with Crippen LogP contribution in [0.15, 0.2) is 24.3 Å². The van der Waals surface area contributed by atoms with E-state index in [-0.39, 0.29) is 0 Å². The van der Waals surface area contributed by atoms with Crippen LogP contribution in [-0.2, 0) is 15.3 Å². The second-order valence-corrected chi connectivity index (χ2v) is 6.00. The maximum Gasteiger partial charge on any atom is 0.204 e. The van der Waals surface area contributed by atoms with E-state index >= 15 is 0 Å². The molecule has 0 radical (unpaired) electrons. The molecule has 0 N–H and O–H groups in total. The van der Waals surface area contributed by atoms with Crippen LogP contribution in [0.1, 0.15) is 18.1 Å². The van der Waals surface area contributed by atoms with Crippen molar-refractivity contribution in [1.29, 1.82) is 5.26 Å². The summed E-state index contributed by atoms with van der Waals surface area (Å²) < 4.78 is 17.0. The Hall–Kier alpha value is -1.10. The Labute approximate surface area is 90.1 Å². The van der Waals surface area contributed by atoms with Crippen molar-refractivity contribution in [3.63, 3.8) is 0 Å². The van der Waals surface area contributed by atoms with Gasteiger partial charge in [-0.3, -0.25) is 4.57 Å². The van der Waals surface area contributed by atoms with Crippen LogP contribution in [0.4, 0.5) is 0 Å². The Morgan fingerprint density at radius 2 is 2.00 bits per heavy atom. The molecule has 3 nitrogen and oxygen atoms in total. The van der Waals surface area contributed by atoms with E-state index in [1.54, 1.807) is 18.8 Å². The highest BCUT2D eigenvalue weighted by atomic mass is 31.2. The Balaban J connectivity index is 2.74. The van der Waals surface area contributed by atoms with Crippen LogP contribution in [0.5, 0.6) is 0 Å². The lowest BCUT2D eigenvalue weighted by molar-refractivity contribution is 0.336. The van der Waals surface area contributed by atoms with E-state index < -0.39 is 7.37 Å². The average molecular weight is 223 g/mol. The Morgan fingerprint density at radius 3 is 2.47 bits per heavy atom. The number of rotatable bonds is 4. The van der Waals surface area contributed by atoms with Crippen molar-refractivity contribution in [2.45, 2.75) is 13.1 Å². The van der Waals surface area contributed by atoms with Gasteiger partial charge in [0, 0.05) is 12.8 Å². The van der Waals surface area contributed by atoms with E-state index in [9.17, 15) is 4.57 Å². The molecule has 0 saturated heterocycles. The predicted molar refractivity (Wildman–Crippen MR) is 60.0 cm³/mol. The van der Waals surface area contributed by atoms with Crippen molar-refractivity contribution in [3.05, 3.63) is 35.4 Å². The second-order valence-electron chi connectivity index (χ2n) is 3.40. The van der Waals surface area contributed by atoms with Crippen LogP contribution in [0.3, 0.4) is 0 Å². The Kier molecular flexibility index (Phi) is 4.08. The SMILES string of the molecule is CCOP(C)(=O)Cc1ccc(C#N)cc1.